The average Bonchev–Trinajstić information content (AvgIpc) is 3.09. The fourth-order valence-electron chi connectivity index (χ4n) is 3.57. The molecule has 0 saturated carbocycles. The lowest BCUT2D eigenvalue weighted by Gasteiger charge is -2.39. The van der Waals surface area contributed by atoms with E-state index in [1.165, 1.54) is 0 Å². The van der Waals surface area contributed by atoms with Crippen LogP contribution in [0, 0.1) is 11.3 Å². The quantitative estimate of drug-likeness (QED) is 0.562. The molecule has 0 aliphatic carbocycles. The van der Waals surface area contributed by atoms with E-state index in [0.29, 0.717) is 18.9 Å². The van der Waals surface area contributed by atoms with Crippen LogP contribution in [0.25, 0.3) is 0 Å². The number of aromatic nitrogens is 2. The van der Waals surface area contributed by atoms with Gasteiger partial charge in [0.15, 0.2) is 9.04 Å². The molecule has 0 unspecified atom stereocenters. The van der Waals surface area contributed by atoms with Crippen molar-refractivity contribution in [3.63, 3.8) is 0 Å². The minimum atomic E-state index is -1.42. The number of hydrogen-bond acceptors (Lipinski definition) is 4. The normalized spacial score (nSPS) is 23.5. The first-order valence-corrected chi connectivity index (χ1v) is 12.1. The number of carbonyl (C=O) groups is 1. The minimum Gasteiger partial charge on any atom is -0.445 e. The maximum absolute atomic E-state index is 12.9. The van der Waals surface area contributed by atoms with Crippen LogP contribution >= 0.6 is 0 Å². The Balaban J connectivity index is 2.41. The van der Waals surface area contributed by atoms with E-state index in [9.17, 15) is 4.79 Å². The lowest BCUT2D eigenvalue weighted by molar-refractivity contribution is -0.0519. The molecule has 1 fully saturated rings. The summed E-state index contributed by atoms with van der Waals surface area (Å²) in [5, 5.41) is 0. The first-order chi connectivity index (χ1) is 12.1. The minimum absolute atomic E-state index is 0.0765. The lowest BCUT2D eigenvalue weighted by atomic mass is 9.78. The van der Waals surface area contributed by atoms with Crippen molar-refractivity contribution in [2.24, 2.45) is 18.4 Å². The van der Waals surface area contributed by atoms with E-state index < -0.39 is 14.8 Å². The van der Waals surface area contributed by atoms with Gasteiger partial charge in [0, 0.05) is 31.9 Å². The van der Waals surface area contributed by atoms with Gasteiger partial charge in [-0.1, -0.05) is 33.4 Å². The Kier molecular flexibility index (Phi) is 6.34. The van der Waals surface area contributed by atoms with Crippen molar-refractivity contribution in [1.82, 2.24) is 14.5 Å². The second kappa shape index (κ2) is 7.96. The topological polar surface area (TPSA) is 56.6 Å². The molecule has 1 aliphatic heterocycles. The van der Waals surface area contributed by atoms with Crippen LogP contribution in [0.3, 0.4) is 0 Å². The molecule has 0 bridgehead atoms. The average molecular weight is 380 g/mol. The summed E-state index contributed by atoms with van der Waals surface area (Å²) in [4.78, 5) is 18.9. The summed E-state index contributed by atoms with van der Waals surface area (Å²) in [7, 11) is 0.556. The highest BCUT2D eigenvalue weighted by Crippen LogP contribution is 2.45. The van der Waals surface area contributed by atoms with E-state index in [-0.39, 0.29) is 18.1 Å². The molecule has 1 aromatic heterocycles. The standard InChI is InChI=1S/C19H33N3O3Si/c1-8-9-24-17(23)22-13-15(18(2,3)4)10-19(22,25-26(6)7)11-16-12-20-14-21(16)5/h8,12,14-15,26H,1,9-11,13H2,2-7H3/t15-,19+/m0/s1. The van der Waals surface area contributed by atoms with Crippen molar-refractivity contribution in [3.8, 4) is 0 Å². The first-order valence-electron chi connectivity index (χ1n) is 9.27. The molecule has 2 heterocycles. The van der Waals surface area contributed by atoms with Crippen LogP contribution in [0.1, 0.15) is 32.9 Å². The molecule has 1 amide bonds. The van der Waals surface area contributed by atoms with Crippen LogP contribution in [0.2, 0.25) is 13.1 Å². The molecule has 1 saturated heterocycles. The number of hydrogen-bond donors (Lipinski definition) is 0. The van der Waals surface area contributed by atoms with E-state index in [1.807, 2.05) is 22.7 Å². The Morgan fingerprint density at radius 2 is 2.19 bits per heavy atom. The van der Waals surface area contributed by atoms with Crippen molar-refractivity contribution in [2.75, 3.05) is 13.2 Å². The molecule has 1 aliphatic rings. The van der Waals surface area contributed by atoms with Gasteiger partial charge < -0.3 is 13.7 Å². The van der Waals surface area contributed by atoms with Crippen molar-refractivity contribution in [3.05, 3.63) is 30.9 Å². The summed E-state index contributed by atoms with van der Waals surface area (Å²) >= 11 is 0. The number of aryl methyl sites for hydroxylation is 1. The Labute approximate surface area is 158 Å². The van der Waals surface area contributed by atoms with E-state index in [1.54, 1.807) is 12.4 Å². The Bertz CT molecular complexity index is 638. The molecule has 1 aromatic rings. The SMILES string of the molecule is C=CCOC(=O)N1C[C@@H](C(C)(C)C)C[C@]1(Cc1cncn1C)O[SiH](C)C. The molecule has 6 nitrogen and oxygen atoms in total. The van der Waals surface area contributed by atoms with Crippen molar-refractivity contribution in [1.29, 1.82) is 0 Å². The number of amides is 1. The van der Waals surface area contributed by atoms with Crippen LogP contribution in [0.15, 0.2) is 25.2 Å². The summed E-state index contributed by atoms with van der Waals surface area (Å²) in [5.74, 6) is 0.333. The number of rotatable bonds is 6. The second-order valence-corrected chi connectivity index (χ2v) is 10.9. The largest absolute Gasteiger partial charge is 0.445 e. The molecular weight excluding hydrogens is 346 g/mol. The van der Waals surface area contributed by atoms with Gasteiger partial charge in [-0.05, 0) is 30.8 Å². The third-order valence-electron chi connectivity index (χ3n) is 5.06. The second-order valence-electron chi connectivity index (χ2n) is 8.53. The van der Waals surface area contributed by atoms with Gasteiger partial charge in [-0.3, -0.25) is 4.90 Å². The monoisotopic (exact) mass is 379 g/mol. The molecule has 2 rings (SSSR count). The Hall–Kier alpha value is -1.60. The predicted octanol–water partition coefficient (Wildman–Crippen LogP) is 3.35. The predicted molar refractivity (Wildman–Crippen MR) is 105 cm³/mol. The van der Waals surface area contributed by atoms with Gasteiger partial charge in [0.2, 0.25) is 0 Å². The molecular formula is C19H33N3O3Si. The van der Waals surface area contributed by atoms with Gasteiger partial charge >= 0.3 is 6.09 Å². The Morgan fingerprint density at radius 1 is 1.50 bits per heavy atom. The summed E-state index contributed by atoms with van der Waals surface area (Å²) in [5.41, 5.74) is 0.452. The maximum Gasteiger partial charge on any atom is 0.412 e. The molecule has 0 radical (unpaired) electrons. The van der Waals surface area contributed by atoms with Crippen molar-refractivity contribution < 1.29 is 14.0 Å². The van der Waals surface area contributed by atoms with Crippen LogP contribution in [0.4, 0.5) is 4.79 Å². The fourth-order valence-corrected chi connectivity index (χ4v) is 4.76. The third-order valence-corrected chi connectivity index (χ3v) is 5.97. The summed E-state index contributed by atoms with van der Waals surface area (Å²) in [6.07, 6.45) is 6.32. The van der Waals surface area contributed by atoms with E-state index in [2.05, 4.69) is 45.4 Å². The lowest BCUT2D eigenvalue weighted by Crippen LogP contribution is -2.53. The molecule has 0 aromatic carbocycles. The third kappa shape index (κ3) is 4.56. The molecule has 0 N–H and O–H groups in total. The number of imidazole rings is 1. The zero-order valence-electron chi connectivity index (χ0n) is 17.0. The number of ether oxygens (including phenoxy) is 1. The van der Waals surface area contributed by atoms with Gasteiger partial charge in [-0.25, -0.2) is 9.78 Å². The highest BCUT2D eigenvalue weighted by Gasteiger charge is 2.52. The van der Waals surface area contributed by atoms with Crippen LogP contribution in [-0.4, -0.2) is 48.5 Å². The van der Waals surface area contributed by atoms with E-state index in [0.717, 1.165) is 12.1 Å². The van der Waals surface area contributed by atoms with Crippen molar-refractivity contribution >= 4 is 15.1 Å². The first kappa shape index (κ1) is 20.7. The summed E-state index contributed by atoms with van der Waals surface area (Å²) in [6.45, 7) is 15.4. The van der Waals surface area contributed by atoms with E-state index >= 15 is 0 Å². The fraction of sp³-hybridized carbons (Fsp3) is 0.684. The summed E-state index contributed by atoms with van der Waals surface area (Å²) in [6, 6.07) is 0. The van der Waals surface area contributed by atoms with E-state index in [4.69, 9.17) is 9.16 Å². The van der Waals surface area contributed by atoms with Gasteiger partial charge in [-0.2, -0.15) is 0 Å². The van der Waals surface area contributed by atoms with Gasteiger partial charge in [0.1, 0.15) is 12.3 Å². The number of likely N-dealkylation sites (tertiary alicyclic amines) is 1. The number of nitrogens with zero attached hydrogens (tertiary/aromatic N) is 3. The van der Waals surface area contributed by atoms with Crippen LogP contribution in [0.5, 0.6) is 0 Å². The zero-order chi connectivity index (χ0) is 19.5. The van der Waals surface area contributed by atoms with Gasteiger partial charge in [0.25, 0.3) is 0 Å². The van der Waals surface area contributed by atoms with Gasteiger partial charge in [0.05, 0.1) is 6.33 Å². The van der Waals surface area contributed by atoms with Gasteiger partial charge in [-0.15, -0.1) is 0 Å². The highest BCUT2D eigenvalue weighted by atomic mass is 28.3. The molecule has 26 heavy (non-hydrogen) atoms. The molecule has 146 valence electrons. The highest BCUT2D eigenvalue weighted by molar-refractivity contribution is 6.48. The smallest absolute Gasteiger partial charge is 0.412 e. The molecule has 2 atom stereocenters. The maximum atomic E-state index is 12.9. The zero-order valence-corrected chi connectivity index (χ0v) is 18.1. The van der Waals surface area contributed by atoms with Crippen molar-refractivity contribution in [2.45, 2.75) is 52.4 Å². The van der Waals surface area contributed by atoms with Crippen LogP contribution < -0.4 is 0 Å². The molecule has 7 heteroatoms. The number of carbonyl (C=O) groups excluding carboxylic acids is 1. The van der Waals surface area contributed by atoms with Crippen LogP contribution in [-0.2, 0) is 22.6 Å². The molecule has 0 spiro atoms. The Morgan fingerprint density at radius 3 is 2.69 bits per heavy atom. The summed E-state index contributed by atoms with van der Waals surface area (Å²) < 4.78 is 14.0.